The molecule has 1 rings (SSSR count). The molecule has 0 aliphatic rings. The first kappa shape index (κ1) is 12.7. The third-order valence-electron chi connectivity index (χ3n) is 3.00. The number of hydrogen-bond acceptors (Lipinski definition) is 3. The fourth-order valence-electron chi connectivity index (χ4n) is 1.95. The SMILES string of the molecule is CCN(CC)C(C)c1cc(C=O)ccc1O. The molecule has 0 aliphatic heterocycles. The molecule has 1 aromatic carbocycles. The van der Waals surface area contributed by atoms with E-state index >= 15 is 0 Å². The second-order valence-electron chi connectivity index (χ2n) is 3.83. The minimum atomic E-state index is 0.120. The van der Waals surface area contributed by atoms with Crippen LogP contribution in [0.2, 0.25) is 0 Å². The number of nitrogens with zero attached hydrogens (tertiary/aromatic N) is 1. The first-order chi connectivity index (χ1) is 7.63. The number of carbonyl (C=O) groups excluding carboxylic acids is 1. The molecule has 0 bridgehead atoms. The molecular weight excluding hydrogens is 202 g/mol. The van der Waals surface area contributed by atoms with Gasteiger partial charge in [-0.15, -0.1) is 0 Å². The molecule has 0 saturated carbocycles. The van der Waals surface area contributed by atoms with Crippen LogP contribution in [-0.2, 0) is 0 Å². The van der Waals surface area contributed by atoms with E-state index < -0.39 is 0 Å². The van der Waals surface area contributed by atoms with Crippen LogP contribution in [0.4, 0.5) is 0 Å². The topological polar surface area (TPSA) is 40.5 Å². The van der Waals surface area contributed by atoms with Crippen molar-refractivity contribution < 1.29 is 9.90 Å². The number of rotatable bonds is 5. The van der Waals surface area contributed by atoms with E-state index in [0.29, 0.717) is 5.56 Å². The summed E-state index contributed by atoms with van der Waals surface area (Å²) < 4.78 is 0. The first-order valence-corrected chi connectivity index (χ1v) is 5.66. The molecule has 0 saturated heterocycles. The van der Waals surface area contributed by atoms with Crippen molar-refractivity contribution in [1.82, 2.24) is 4.90 Å². The highest BCUT2D eigenvalue weighted by Gasteiger charge is 2.16. The van der Waals surface area contributed by atoms with Crippen molar-refractivity contribution in [2.75, 3.05) is 13.1 Å². The van der Waals surface area contributed by atoms with E-state index in [-0.39, 0.29) is 11.8 Å². The summed E-state index contributed by atoms with van der Waals surface area (Å²) >= 11 is 0. The Labute approximate surface area is 96.7 Å². The zero-order chi connectivity index (χ0) is 12.1. The van der Waals surface area contributed by atoms with Crippen LogP contribution in [0.25, 0.3) is 0 Å². The molecule has 0 aliphatic carbocycles. The smallest absolute Gasteiger partial charge is 0.150 e. The molecule has 0 heterocycles. The molecule has 1 unspecified atom stereocenters. The molecule has 0 aromatic heterocycles. The van der Waals surface area contributed by atoms with Crippen molar-refractivity contribution in [3.63, 3.8) is 0 Å². The van der Waals surface area contributed by atoms with E-state index in [0.717, 1.165) is 24.9 Å². The predicted molar refractivity (Wildman–Crippen MR) is 64.8 cm³/mol. The normalized spacial score (nSPS) is 12.8. The average Bonchev–Trinajstić information content (AvgIpc) is 2.31. The molecule has 0 spiro atoms. The highest BCUT2D eigenvalue weighted by atomic mass is 16.3. The van der Waals surface area contributed by atoms with Crippen molar-refractivity contribution in [2.24, 2.45) is 0 Å². The van der Waals surface area contributed by atoms with Crippen LogP contribution in [-0.4, -0.2) is 29.4 Å². The van der Waals surface area contributed by atoms with E-state index in [2.05, 4.69) is 18.7 Å². The molecule has 0 amide bonds. The Morgan fingerprint density at radius 1 is 1.38 bits per heavy atom. The van der Waals surface area contributed by atoms with Crippen LogP contribution in [0.3, 0.4) is 0 Å². The van der Waals surface area contributed by atoms with Crippen LogP contribution in [0.5, 0.6) is 5.75 Å². The minimum Gasteiger partial charge on any atom is -0.508 e. The van der Waals surface area contributed by atoms with E-state index in [9.17, 15) is 9.90 Å². The van der Waals surface area contributed by atoms with Gasteiger partial charge in [0.25, 0.3) is 0 Å². The third kappa shape index (κ3) is 2.61. The fourth-order valence-corrected chi connectivity index (χ4v) is 1.95. The lowest BCUT2D eigenvalue weighted by Crippen LogP contribution is -2.26. The molecule has 3 nitrogen and oxygen atoms in total. The number of phenols is 1. The van der Waals surface area contributed by atoms with Gasteiger partial charge in [-0.2, -0.15) is 0 Å². The average molecular weight is 221 g/mol. The molecule has 16 heavy (non-hydrogen) atoms. The Hall–Kier alpha value is -1.35. The minimum absolute atomic E-state index is 0.120. The Bertz CT molecular complexity index is 359. The number of phenolic OH excluding ortho intramolecular Hbond substituents is 1. The van der Waals surface area contributed by atoms with Crippen LogP contribution < -0.4 is 0 Å². The Balaban J connectivity index is 3.05. The monoisotopic (exact) mass is 221 g/mol. The molecule has 88 valence electrons. The quantitative estimate of drug-likeness (QED) is 0.777. The second kappa shape index (κ2) is 5.66. The largest absolute Gasteiger partial charge is 0.508 e. The molecule has 1 aromatic rings. The van der Waals surface area contributed by atoms with Crippen LogP contribution in [0, 0.1) is 0 Å². The summed E-state index contributed by atoms with van der Waals surface area (Å²) in [7, 11) is 0. The van der Waals surface area contributed by atoms with Gasteiger partial charge in [-0.05, 0) is 38.2 Å². The van der Waals surface area contributed by atoms with Gasteiger partial charge in [-0.3, -0.25) is 9.69 Å². The van der Waals surface area contributed by atoms with Gasteiger partial charge >= 0.3 is 0 Å². The van der Waals surface area contributed by atoms with E-state index in [1.807, 2.05) is 6.92 Å². The van der Waals surface area contributed by atoms with Gasteiger partial charge in [0.2, 0.25) is 0 Å². The highest BCUT2D eigenvalue weighted by molar-refractivity contribution is 5.75. The van der Waals surface area contributed by atoms with Gasteiger partial charge < -0.3 is 5.11 Å². The summed E-state index contributed by atoms with van der Waals surface area (Å²) in [6.07, 6.45) is 0.803. The first-order valence-electron chi connectivity index (χ1n) is 5.66. The summed E-state index contributed by atoms with van der Waals surface area (Å²) in [5.41, 5.74) is 1.42. The number of carbonyl (C=O) groups is 1. The zero-order valence-corrected chi connectivity index (χ0v) is 10.1. The number of aromatic hydroxyl groups is 1. The zero-order valence-electron chi connectivity index (χ0n) is 10.1. The van der Waals surface area contributed by atoms with Gasteiger partial charge in [0.1, 0.15) is 12.0 Å². The second-order valence-corrected chi connectivity index (χ2v) is 3.83. The van der Waals surface area contributed by atoms with Crippen molar-refractivity contribution in [3.05, 3.63) is 29.3 Å². The van der Waals surface area contributed by atoms with E-state index in [1.165, 1.54) is 0 Å². The maximum atomic E-state index is 10.7. The molecule has 1 N–H and O–H groups in total. The summed E-state index contributed by atoms with van der Waals surface area (Å²) in [6.45, 7) is 8.04. The predicted octanol–water partition coefficient (Wildman–Crippen LogP) is 2.61. The molecule has 0 radical (unpaired) electrons. The van der Waals surface area contributed by atoms with Gasteiger partial charge in [-0.1, -0.05) is 13.8 Å². The van der Waals surface area contributed by atoms with E-state index in [1.54, 1.807) is 18.2 Å². The van der Waals surface area contributed by atoms with Crippen molar-refractivity contribution >= 4 is 6.29 Å². The standard InChI is InChI=1S/C13H19NO2/c1-4-14(5-2)10(3)12-8-11(9-15)6-7-13(12)16/h6-10,16H,4-5H2,1-3H3. The van der Waals surface area contributed by atoms with Crippen molar-refractivity contribution in [3.8, 4) is 5.75 Å². The summed E-state index contributed by atoms with van der Waals surface area (Å²) in [6, 6.07) is 5.08. The van der Waals surface area contributed by atoms with E-state index in [4.69, 9.17) is 0 Å². The van der Waals surface area contributed by atoms with Gasteiger partial charge in [-0.25, -0.2) is 0 Å². The fraction of sp³-hybridized carbons (Fsp3) is 0.462. The van der Waals surface area contributed by atoms with Gasteiger partial charge in [0.05, 0.1) is 0 Å². The lowest BCUT2D eigenvalue weighted by atomic mass is 10.0. The lowest BCUT2D eigenvalue weighted by molar-refractivity contribution is 0.112. The number of benzene rings is 1. The lowest BCUT2D eigenvalue weighted by Gasteiger charge is -2.27. The summed E-state index contributed by atoms with van der Waals surface area (Å²) in [5, 5.41) is 9.80. The maximum Gasteiger partial charge on any atom is 0.150 e. The van der Waals surface area contributed by atoms with Crippen molar-refractivity contribution in [1.29, 1.82) is 0 Å². The summed E-state index contributed by atoms with van der Waals surface area (Å²) in [4.78, 5) is 12.9. The molecular formula is C13H19NO2. The summed E-state index contributed by atoms with van der Waals surface area (Å²) in [5.74, 6) is 0.255. The van der Waals surface area contributed by atoms with Crippen molar-refractivity contribution in [2.45, 2.75) is 26.8 Å². The Morgan fingerprint density at radius 2 is 2.00 bits per heavy atom. The molecule has 3 heteroatoms. The maximum absolute atomic E-state index is 10.7. The Morgan fingerprint density at radius 3 is 2.50 bits per heavy atom. The molecule has 0 fully saturated rings. The third-order valence-corrected chi connectivity index (χ3v) is 3.00. The van der Waals surface area contributed by atoms with Crippen LogP contribution >= 0.6 is 0 Å². The van der Waals surface area contributed by atoms with Gasteiger partial charge in [0, 0.05) is 17.2 Å². The van der Waals surface area contributed by atoms with Crippen LogP contribution in [0.1, 0.15) is 42.7 Å². The number of hydrogen-bond donors (Lipinski definition) is 1. The number of aldehydes is 1. The van der Waals surface area contributed by atoms with Crippen LogP contribution in [0.15, 0.2) is 18.2 Å². The molecule has 1 atom stereocenters. The highest BCUT2D eigenvalue weighted by Crippen LogP contribution is 2.28. The Kier molecular flexibility index (Phi) is 4.50. The van der Waals surface area contributed by atoms with Gasteiger partial charge in [0.15, 0.2) is 0 Å².